The molecular weight excluding hydrogens is 180 g/mol. The summed E-state index contributed by atoms with van der Waals surface area (Å²) in [6.07, 6.45) is 1.73. The summed E-state index contributed by atoms with van der Waals surface area (Å²) in [6.45, 7) is 6.45. The molecule has 1 aromatic heterocycles. The lowest BCUT2D eigenvalue weighted by Crippen LogP contribution is -1.97. The van der Waals surface area contributed by atoms with Gasteiger partial charge < -0.3 is 5.11 Å². The van der Waals surface area contributed by atoms with Crippen LogP contribution in [0.15, 0.2) is 12.1 Å². The summed E-state index contributed by atoms with van der Waals surface area (Å²) < 4.78 is 0. The van der Waals surface area contributed by atoms with E-state index in [2.05, 4.69) is 26.8 Å². The van der Waals surface area contributed by atoms with Gasteiger partial charge in [-0.3, -0.25) is 0 Å². The molecule has 1 atom stereocenters. The van der Waals surface area contributed by atoms with Crippen molar-refractivity contribution in [1.82, 2.24) is 0 Å². The van der Waals surface area contributed by atoms with E-state index in [4.69, 9.17) is 0 Å². The molecule has 1 rings (SSSR count). The van der Waals surface area contributed by atoms with Crippen molar-refractivity contribution < 1.29 is 5.11 Å². The summed E-state index contributed by atoms with van der Waals surface area (Å²) in [5, 5.41) is 9.79. The van der Waals surface area contributed by atoms with Crippen LogP contribution in [-0.4, -0.2) is 5.11 Å². The summed E-state index contributed by atoms with van der Waals surface area (Å²) in [5.41, 5.74) is 0. The predicted molar refractivity (Wildman–Crippen MR) is 58.1 cm³/mol. The van der Waals surface area contributed by atoms with E-state index in [9.17, 15) is 5.11 Å². The number of rotatable bonds is 4. The van der Waals surface area contributed by atoms with Gasteiger partial charge in [-0.1, -0.05) is 13.8 Å². The van der Waals surface area contributed by atoms with Gasteiger partial charge in [-0.25, -0.2) is 0 Å². The summed E-state index contributed by atoms with van der Waals surface area (Å²) in [6, 6.07) is 4.10. The van der Waals surface area contributed by atoms with Gasteiger partial charge in [-0.2, -0.15) is 0 Å². The summed E-state index contributed by atoms with van der Waals surface area (Å²) in [7, 11) is 0. The highest BCUT2D eigenvalue weighted by Crippen LogP contribution is 2.26. The maximum absolute atomic E-state index is 9.79. The van der Waals surface area contributed by atoms with Crippen LogP contribution >= 0.6 is 11.3 Å². The molecule has 0 aliphatic carbocycles. The Morgan fingerprint density at radius 3 is 2.46 bits per heavy atom. The average molecular weight is 198 g/mol. The molecule has 1 aromatic rings. The molecule has 0 saturated heterocycles. The number of aryl methyl sites for hydroxylation is 1. The molecule has 2 heteroatoms. The maximum atomic E-state index is 9.79. The van der Waals surface area contributed by atoms with Gasteiger partial charge >= 0.3 is 0 Å². The van der Waals surface area contributed by atoms with E-state index in [1.54, 1.807) is 11.3 Å². The highest BCUT2D eigenvalue weighted by molar-refractivity contribution is 7.11. The van der Waals surface area contributed by atoms with E-state index in [1.807, 2.05) is 6.07 Å². The van der Waals surface area contributed by atoms with E-state index < -0.39 is 0 Å². The Morgan fingerprint density at radius 2 is 2.00 bits per heavy atom. The van der Waals surface area contributed by atoms with Crippen LogP contribution in [0.2, 0.25) is 0 Å². The van der Waals surface area contributed by atoms with Crippen LogP contribution in [-0.2, 0) is 0 Å². The minimum Gasteiger partial charge on any atom is -0.388 e. The van der Waals surface area contributed by atoms with Crippen molar-refractivity contribution in [1.29, 1.82) is 0 Å². The second kappa shape index (κ2) is 4.77. The zero-order chi connectivity index (χ0) is 9.84. The summed E-state index contributed by atoms with van der Waals surface area (Å²) in [4.78, 5) is 2.39. The molecule has 13 heavy (non-hydrogen) atoms. The van der Waals surface area contributed by atoms with Crippen LogP contribution in [0.3, 0.4) is 0 Å². The van der Waals surface area contributed by atoms with Crippen molar-refractivity contribution in [2.75, 3.05) is 0 Å². The maximum Gasteiger partial charge on any atom is 0.0882 e. The Labute approximate surface area is 84.4 Å². The lowest BCUT2D eigenvalue weighted by atomic mass is 10.0. The van der Waals surface area contributed by atoms with Gasteiger partial charge in [0, 0.05) is 9.75 Å². The van der Waals surface area contributed by atoms with Crippen molar-refractivity contribution in [2.24, 2.45) is 5.92 Å². The molecule has 0 bridgehead atoms. The first-order chi connectivity index (χ1) is 6.09. The number of hydrogen-bond acceptors (Lipinski definition) is 2. The minimum atomic E-state index is -0.249. The molecule has 1 heterocycles. The molecule has 1 unspecified atom stereocenters. The third-order valence-electron chi connectivity index (χ3n) is 2.11. The summed E-state index contributed by atoms with van der Waals surface area (Å²) in [5.74, 6) is 0.677. The van der Waals surface area contributed by atoms with Crippen molar-refractivity contribution >= 4 is 11.3 Å². The quantitative estimate of drug-likeness (QED) is 0.784. The number of aliphatic hydroxyl groups excluding tert-OH is 1. The molecule has 0 radical (unpaired) electrons. The SMILES string of the molecule is Cc1ccc(C(O)CCC(C)C)s1. The normalized spacial score (nSPS) is 13.6. The van der Waals surface area contributed by atoms with Gasteiger partial charge in [0.05, 0.1) is 6.10 Å². The first kappa shape index (κ1) is 10.7. The minimum absolute atomic E-state index is 0.249. The lowest BCUT2D eigenvalue weighted by molar-refractivity contribution is 0.163. The largest absolute Gasteiger partial charge is 0.388 e. The Hall–Kier alpha value is -0.340. The number of thiophene rings is 1. The van der Waals surface area contributed by atoms with Crippen LogP contribution in [0.4, 0.5) is 0 Å². The van der Waals surface area contributed by atoms with Gasteiger partial charge in [0.1, 0.15) is 0 Å². The zero-order valence-electron chi connectivity index (χ0n) is 8.58. The van der Waals surface area contributed by atoms with Gasteiger partial charge in [0.25, 0.3) is 0 Å². The molecule has 0 saturated carbocycles. The van der Waals surface area contributed by atoms with Crippen molar-refractivity contribution in [2.45, 2.75) is 39.7 Å². The molecule has 0 spiro atoms. The number of hydrogen-bond donors (Lipinski definition) is 1. The van der Waals surface area contributed by atoms with E-state index in [0.717, 1.165) is 17.7 Å². The van der Waals surface area contributed by atoms with Crippen LogP contribution in [0.1, 0.15) is 42.5 Å². The molecule has 1 N–H and O–H groups in total. The molecule has 0 aliphatic rings. The second-order valence-corrected chi connectivity index (χ2v) is 5.25. The van der Waals surface area contributed by atoms with Gasteiger partial charge in [-0.15, -0.1) is 11.3 Å². The van der Waals surface area contributed by atoms with Gasteiger partial charge in [-0.05, 0) is 37.8 Å². The van der Waals surface area contributed by atoms with E-state index >= 15 is 0 Å². The van der Waals surface area contributed by atoms with Crippen LogP contribution in [0, 0.1) is 12.8 Å². The van der Waals surface area contributed by atoms with Crippen LogP contribution in [0.25, 0.3) is 0 Å². The Kier molecular flexibility index (Phi) is 3.94. The topological polar surface area (TPSA) is 20.2 Å². The van der Waals surface area contributed by atoms with Gasteiger partial charge in [0.15, 0.2) is 0 Å². The fourth-order valence-corrected chi connectivity index (χ4v) is 2.16. The monoisotopic (exact) mass is 198 g/mol. The highest BCUT2D eigenvalue weighted by atomic mass is 32.1. The van der Waals surface area contributed by atoms with E-state index in [-0.39, 0.29) is 6.10 Å². The van der Waals surface area contributed by atoms with Crippen LogP contribution < -0.4 is 0 Å². The fraction of sp³-hybridized carbons (Fsp3) is 0.636. The molecule has 0 aromatic carbocycles. The Morgan fingerprint density at radius 1 is 1.31 bits per heavy atom. The number of aliphatic hydroxyl groups is 1. The highest BCUT2D eigenvalue weighted by Gasteiger charge is 2.09. The van der Waals surface area contributed by atoms with Crippen LogP contribution in [0.5, 0.6) is 0 Å². The molecule has 0 aliphatic heterocycles. The average Bonchev–Trinajstić information content (AvgIpc) is 2.47. The second-order valence-electron chi connectivity index (χ2n) is 3.94. The van der Waals surface area contributed by atoms with Gasteiger partial charge in [0.2, 0.25) is 0 Å². The molecule has 0 fully saturated rings. The Bertz CT molecular complexity index is 252. The first-order valence-electron chi connectivity index (χ1n) is 4.84. The summed E-state index contributed by atoms with van der Waals surface area (Å²) >= 11 is 1.70. The smallest absolute Gasteiger partial charge is 0.0882 e. The van der Waals surface area contributed by atoms with Crippen molar-refractivity contribution in [3.8, 4) is 0 Å². The first-order valence-corrected chi connectivity index (χ1v) is 5.65. The third kappa shape index (κ3) is 3.49. The van der Waals surface area contributed by atoms with E-state index in [1.165, 1.54) is 4.88 Å². The predicted octanol–water partition coefficient (Wildman–Crippen LogP) is 3.53. The fourth-order valence-electron chi connectivity index (χ4n) is 1.27. The third-order valence-corrected chi connectivity index (χ3v) is 3.21. The standard InChI is InChI=1S/C11H18OS/c1-8(2)4-6-10(12)11-7-5-9(3)13-11/h5,7-8,10,12H,4,6H2,1-3H3. The lowest BCUT2D eigenvalue weighted by Gasteiger charge is -2.09. The molecule has 1 nitrogen and oxygen atoms in total. The molecule has 0 amide bonds. The molecular formula is C11H18OS. The van der Waals surface area contributed by atoms with Crippen molar-refractivity contribution in [3.63, 3.8) is 0 Å². The zero-order valence-corrected chi connectivity index (χ0v) is 9.40. The Balaban J connectivity index is 2.44. The molecule has 74 valence electrons. The van der Waals surface area contributed by atoms with Crippen molar-refractivity contribution in [3.05, 3.63) is 21.9 Å². The van der Waals surface area contributed by atoms with E-state index in [0.29, 0.717) is 5.92 Å².